The molecule has 2 aromatic rings. The molecule has 2 heterocycles. The van der Waals surface area contributed by atoms with E-state index in [-0.39, 0.29) is 23.0 Å². The highest BCUT2D eigenvalue weighted by Gasteiger charge is 2.37. The molecule has 0 saturated carbocycles. The molecule has 14 heteroatoms. The van der Waals surface area contributed by atoms with Crippen molar-refractivity contribution < 1.29 is 31.5 Å². The Bertz CT molecular complexity index is 1230. The summed E-state index contributed by atoms with van der Waals surface area (Å²) in [4.78, 5) is 30.2. The van der Waals surface area contributed by atoms with Gasteiger partial charge in [0.2, 0.25) is 5.91 Å². The Morgan fingerprint density at radius 3 is 2.64 bits per heavy atom. The minimum absolute atomic E-state index is 0.0396. The second-order valence-corrected chi connectivity index (χ2v) is 8.06. The largest absolute Gasteiger partial charge is 0.573 e. The normalized spacial score (nSPS) is 13.9. The van der Waals surface area contributed by atoms with Crippen LogP contribution >= 0.6 is 11.6 Å². The number of anilines is 1. The standard InChI is InChI=1S/C22H21ClF5N5O3/c1-32-9-5-4-8-16(32)21(24,25)13-31-19-20(35)33(17(23)11-30-19)12-18(34)29-10-14-6-2-3-7-15(14)36-22(26,27)28/h2-8,11H,9-10,12-13H2,1H3,(H,29,34)(H,30,31). The van der Waals surface area contributed by atoms with Crippen molar-refractivity contribution in [1.82, 2.24) is 19.8 Å². The van der Waals surface area contributed by atoms with Crippen molar-refractivity contribution in [2.24, 2.45) is 0 Å². The number of hydrogen-bond acceptors (Lipinski definition) is 6. The van der Waals surface area contributed by atoms with Crippen molar-refractivity contribution in [1.29, 1.82) is 0 Å². The maximum Gasteiger partial charge on any atom is 0.573 e. The first-order valence-corrected chi connectivity index (χ1v) is 10.8. The Morgan fingerprint density at radius 2 is 1.94 bits per heavy atom. The third-order valence-electron chi connectivity index (χ3n) is 5.02. The first-order chi connectivity index (χ1) is 16.9. The van der Waals surface area contributed by atoms with E-state index in [1.807, 2.05) is 0 Å². The third kappa shape index (κ3) is 6.97. The molecule has 0 spiro atoms. The van der Waals surface area contributed by atoms with E-state index >= 15 is 0 Å². The number of carbonyl (C=O) groups excluding carboxylic acids is 1. The lowest BCUT2D eigenvalue weighted by Crippen LogP contribution is -2.40. The maximum absolute atomic E-state index is 14.7. The first kappa shape index (κ1) is 27.0. The Labute approximate surface area is 207 Å². The molecule has 2 N–H and O–H groups in total. The van der Waals surface area contributed by atoms with Gasteiger partial charge in [0.1, 0.15) is 17.4 Å². The van der Waals surface area contributed by atoms with E-state index in [0.717, 1.165) is 16.8 Å². The molecule has 0 radical (unpaired) electrons. The molecule has 8 nitrogen and oxygen atoms in total. The van der Waals surface area contributed by atoms with Crippen LogP contribution in [0.15, 0.2) is 59.2 Å². The van der Waals surface area contributed by atoms with Gasteiger partial charge in [-0.1, -0.05) is 42.0 Å². The molecule has 0 atom stereocenters. The zero-order valence-electron chi connectivity index (χ0n) is 18.8. The third-order valence-corrected chi connectivity index (χ3v) is 5.32. The van der Waals surface area contributed by atoms with Crippen molar-refractivity contribution >= 4 is 23.3 Å². The highest BCUT2D eigenvalue weighted by molar-refractivity contribution is 6.29. The molecule has 1 aliphatic rings. The second kappa shape index (κ2) is 11.0. The summed E-state index contributed by atoms with van der Waals surface area (Å²) in [6.45, 7) is -1.61. The van der Waals surface area contributed by atoms with Crippen molar-refractivity contribution in [3.8, 4) is 5.75 Å². The summed E-state index contributed by atoms with van der Waals surface area (Å²) in [6, 6.07) is 5.20. The van der Waals surface area contributed by atoms with Crippen LogP contribution in [0.2, 0.25) is 5.15 Å². The lowest BCUT2D eigenvalue weighted by molar-refractivity contribution is -0.274. The Hall–Kier alpha value is -3.61. The highest BCUT2D eigenvalue weighted by atomic mass is 35.5. The van der Waals surface area contributed by atoms with Crippen LogP contribution in [0.4, 0.5) is 27.8 Å². The number of allylic oxidation sites excluding steroid dienone is 2. The quantitative estimate of drug-likeness (QED) is 0.479. The van der Waals surface area contributed by atoms with Gasteiger partial charge in [0.05, 0.1) is 18.4 Å². The van der Waals surface area contributed by atoms with Crippen molar-refractivity contribution in [2.75, 3.05) is 25.5 Å². The summed E-state index contributed by atoms with van der Waals surface area (Å²) in [6.07, 6.45) is 0.569. The van der Waals surface area contributed by atoms with Gasteiger partial charge in [0.15, 0.2) is 5.82 Å². The molecule has 1 aliphatic heterocycles. The van der Waals surface area contributed by atoms with Gasteiger partial charge in [-0.25, -0.2) is 4.98 Å². The number of ether oxygens (including phenoxy) is 1. The summed E-state index contributed by atoms with van der Waals surface area (Å²) in [5.74, 6) is -5.05. The van der Waals surface area contributed by atoms with Gasteiger partial charge < -0.3 is 20.3 Å². The number of amides is 1. The average molecular weight is 534 g/mol. The number of hydrogen-bond donors (Lipinski definition) is 2. The van der Waals surface area contributed by atoms with E-state index < -0.39 is 48.4 Å². The minimum Gasteiger partial charge on any atom is -0.405 e. The fourth-order valence-electron chi connectivity index (χ4n) is 3.29. The summed E-state index contributed by atoms with van der Waals surface area (Å²) in [5, 5.41) is 4.42. The van der Waals surface area contributed by atoms with Crippen LogP contribution in [-0.4, -0.2) is 52.8 Å². The van der Waals surface area contributed by atoms with E-state index in [2.05, 4.69) is 20.4 Å². The summed E-state index contributed by atoms with van der Waals surface area (Å²) < 4.78 is 71.7. The number of halogens is 6. The van der Waals surface area contributed by atoms with Gasteiger partial charge in [0, 0.05) is 25.7 Å². The lowest BCUT2D eigenvalue weighted by Gasteiger charge is -2.30. The number of benzene rings is 1. The molecule has 0 aliphatic carbocycles. The maximum atomic E-state index is 14.7. The molecule has 3 rings (SSSR count). The predicted octanol–water partition coefficient (Wildman–Crippen LogP) is 3.54. The highest BCUT2D eigenvalue weighted by Crippen LogP contribution is 2.28. The van der Waals surface area contributed by atoms with E-state index in [1.165, 1.54) is 42.3 Å². The summed E-state index contributed by atoms with van der Waals surface area (Å²) in [5.41, 5.74) is -1.14. The number of likely N-dealkylation sites (N-methyl/N-ethyl adjacent to an activating group) is 1. The Balaban J connectivity index is 1.67. The first-order valence-electron chi connectivity index (χ1n) is 10.4. The van der Waals surface area contributed by atoms with E-state index in [4.69, 9.17) is 11.6 Å². The molecule has 0 bridgehead atoms. The topological polar surface area (TPSA) is 88.5 Å². The number of para-hydroxylation sites is 1. The Morgan fingerprint density at radius 1 is 1.22 bits per heavy atom. The minimum atomic E-state index is -4.92. The number of aromatic nitrogens is 2. The number of nitrogens with one attached hydrogen (secondary N) is 2. The van der Waals surface area contributed by atoms with Gasteiger partial charge in [-0.3, -0.25) is 14.2 Å². The monoisotopic (exact) mass is 533 g/mol. The van der Waals surface area contributed by atoms with Crippen molar-refractivity contribution in [3.63, 3.8) is 0 Å². The molecular formula is C22H21ClF5N5O3. The molecule has 36 heavy (non-hydrogen) atoms. The van der Waals surface area contributed by atoms with Gasteiger partial charge in [0.25, 0.3) is 5.56 Å². The van der Waals surface area contributed by atoms with Crippen LogP contribution in [0.25, 0.3) is 0 Å². The molecule has 1 amide bonds. The van der Waals surface area contributed by atoms with Gasteiger partial charge in [-0.15, -0.1) is 13.2 Å². The molecule has 0 fully saturated rings. The smallest absolute Gasteiger partial charge is 0.405 e. The Kier molecular flexibility index (Phi) is 8.23. The van der Waals surface area contributed by atoms with Crippen LogP contribution in [0.1, 0.15) is 5.56 Å². The molecular weight excluding hydrogens is 513 g/mol. The van der Waals surface area contributed by atoms with Crippen LogP contribution < -0.4 is 20.9 Å². The van der Waals surface area contributed by atoms with Crippen LogP contribution in [0.5, 0.6) is 5.75 Å². The molecule has 1 aromatic carbocycles. The predicted molar refractivity (Wildman–Crippen MR) is 122 cm³/mol. The molecule has 0 unspecified atom stereocenters. The zero-order valence-corrected chi connectivity index (χ0v) is 19.5. The van der Waals surface area contributed by atoms with Crippen molar-refractivity contribution in [2.45, 2.75) is 25.4 Å². The van der Waals surface area contributed by atoms with Crippen molar-refractivity contribution in [3.05, 3.63) is 75.5 Å². The second-order valence-electron chi connectivity index (χ2n) is 7.67. The average Bonchev–Trinajstić information content (AvgIpc) is 2.80. The van der Waals surface area contributed by atoms with Gasteiger partial charge >= 0.3 is 12.3 Å². The van der Waals surface area contributed by atoms with E-state index in [9.17, 15) is 31.5 Å². The lowest BCUT2D eigenvalue weighted by atomic mass is 10.1. The number of carbonyl (C=O) groups is 1. The van der Waals surface area contributed by atoms with Gasteiger partial charge in [-0.2, -0.15) is 8.78 Å². The number of rotatable bonds is 9. The molecule has 194 valence electrons. The van der Waals surface area contributed by atoms with E-state index in [1.54, 1.807) is 6.08 Å². The molecule has 1 aromatic heterocycles. The van der Waals surface area contributed by atoms with E-state index in [0.29, 0.717) is 6.54 Å². The molecule has 0 saturated heterocycles. The summed E-state index contributed by atoms with van der Waals surface area (Å²) >= 11 is 5.97. The van der Waals surface area contributed by atoms with Gasteiger partial charge in [-0.05, 0) is 12.1 Å². The number of alkyl halides is 5. The zero-order chi connectivity index (χ0) is 26.5. The number of nitrogens with zero attached hydrogens (tertiary/aromatic N) is 3. The fraction of sp³-hybridized carbons (Fsp3) is 0.318. The summed E-state index contributed by atoms with van der Waals surface area (Å²) in [7, 11) is 1.50. The van der Waals surface area contributed by atoms with Crippen LogP contribution in [0.3, 0.4) is 0 Å². The van der Waals surface area contributed by atoms with Crippen LogP contribution in [0, 0.1) is 0 Å². The van der Waals surface area contributed by atoms with Crippen LogP contribution in [-0.2, 0) is 17.9 Å². The fourth-order valence-corrected chi connectivity index (χ4v) is 3.48. The SMILES string of the molecule is CN1CC=CC=C1C(F)(F)CNc1ncc(Cl)n(CC(=O)NCc2ccccc2OC(F)(F)F)c1=O.